The Morgan fingerprint density at radius 3 is 2.55 bits per heavy atom. The number of nitrogens with one attached hydrogen (secondary N) is 1. The molecular formula is C24H21N3O4. The fourth-order valence-corrected chi connectivity index (χ4v) is 3.35. The fraction of sp³-hybridized carbons (Fsp3) is 0.125. The van der Waals surface area contributed by atoms with Gasteiger partial charge in [0.25, 0.3) is 11.5 Å². The number of carbonyl (C=O) groups is 1. The first-order chi connectivity index (χ1) is 15.1. The highest BCUT2D eigenvalue weighted by atomic mass is 16.5. The number of aromatic nitrogens is 2. The molecule has 0 aliphatic carbocycles. The topological polar surface area (TPSA) is 84.5 Å². The number of hydrogen-bond donors (Lipinski definition) is 1. The molecule has 2 aromatic carbocycles. The van der Waals surface area contributed by atoms with Crippen molar-refractivity contribution < 1.29 is 14.3 Å². The summed E-state index contributed by atoms with van der Waals surface area (Å²) in [6.45, 7) is 0.0728. The van der Waals surface area contributed by atoms with Crippen LogP contribution >= 0.6 is 0 Å². The fourth-order valence-electron chi connectivity index (χ4n) is 3.35. The van der Waals surface area contributed by atoms with Crippen LogP contribution in [0.4, 0.5) is 5.69 Å². The van der Waals surface area contributed by atoms with Crippen molar-refractivity contribution in [1.82, 2.24) is 9.97 Å². The molecule has 0 aliphatic rings. The monoisotopic (exact) mass is 415 g/mol. The molecule has 7 nitrogen and oxygen atoms in total. The van der Waals surface area contributed by atoms with E-state index in [2.05, 4.69) is 9.97 Å². The van der Waals surface area contributed by atoms with Crippen LogP contribution < -0.4 is 19.9 Å². The minimum absolute atomic E-state index is 0.0728. The smallest absolute Gasteiger partial charge is 0.260 e. The number of H-pyrrole nitrogens is 1. The number of hydrogen-bond acceptors (Lipinski definition) is 5. The van der Waals surface area contributed by atoms with Gasteiger partial charge in [-0.3, -0.25) is 14.6 Å². The van der Waals surface area contributed by atoms with E-state index in [-0.39, 0.29) is 18.0 Å². The van der Waals surface area contributed by atoms with Crippen molar-refractivity contribution in [1.29, 1.82) is 0 Å². The van der Waals surface area contributed by atoms with E-state index < -0.39 is 0 Å². The molecule has 4 aromatic rings. The van der Waals surface area contributed by atoms with Gasteiger partial charge in [-0.25, -0.2) is 0 Å². The number of nitrogens with zero attached hydrogens (tertiary/aromatic N) is 2. The van der Waals surface area contributed by atoms with Gasteiger partial charge in [-0.1, -0.05) is 6.07 Å². The van der Waals surface area contributed by atoms with Crippen molar-refractivity contribution in [3.8, 4) is 11.5 Å². The Kier molecular flexibility index (Phi) is 5.66. The first kappa shape index (κ1) is 20.2. The van der Waals surface area contributed by atoms with E-state index in [0.717, 1.165) is 5.39 Å². The Hall–Kier alpha value is -4.13. The highest BCUT2D eigenvalue weighted by molar-refractivity contribution is 6.06. The number of amides is 1. The Labute approximate surface area is 178 Å². The van der Waals surface area contributed by atoms with Gasteiger partial charge in [0.05, 0.1) is 26.3 Å². The average molecular weight is 415 g/mol. The Morgan fingerprint density at radius 2 is 1.81 bits per heavy atom. The minimum atomic E-state index is -0.272. The normalized spacial score (nSPS) is 10.6. The summed E-state index contributed by atoms with van der Waals surface area (Å²) in [5, 5.41) is 0.813. The number of anilines is 1. The van der Waals surface area contributed by atoms with E-state index in [1.165, 1.54) is 11.1 Å². The van der Waals surface area contributed by atoms with E-state index in [1.807, 2.05) is 6.07 Å². The quantitative estimate of drug-likeness (QED) is 0.518. The maximum Gasteiger partial charge on any atom is 0.260 e. The molecular weight excluding hydrogens is 394 g/mol. The molecule has 0 fully saturated rings. The summed E-state index contributed by atoms with van der Waals surface area (Å²) in [5.41, 5.74) is 1.91. The van der Waals surface area contributed by atoms with Gasteiger partial charge >= 0.3 is 0 Å². The lowest BCUT2D eigenvalue weighted by molar-refractivity contribution is 0.0984. The zero-order chi connectivity index (χ0) is 21.8. The molecule has 31 heavy (non-hydrogen) atoms. The van der Waals surface area contributed by atoms with Crippen LogP contribution in [0, 0.1) is 0 Å². The van der Waals surface area contributed by atoms with Gasteiger partial charge in [-0.05, 0) is 48.5 Å². The number of benzene rings is 2. The van der Waals surface area contributed by atoms with Gasteiger partial charge in [0.1, 0.15) is 11.5 Å². The van der Waals surface area contributed by atoms with E-state index in [0.29, 0.717) is 33.8 Å². The first-order valence-corrected chi connectivity index (χ1v) is 9.65. The van der Waals surface area contributed by atoms with E-state index >= 15 is 0 Å². The van der Waals surface area contributed by atoms with Crippen LogP contribution in [-0.2, 0) is 6.54 Å². The molecule has 2 aromatic heterocycles. The average Bonchev–Trinajstić information content (AvgIpc) is 2.82. The van der Waals surface area contributed by atoms with Crippen molar-refractivity contribution in [2.24, 2.45) is 0 Å². The van der Waals surface area contributed by atoms with Crippen LogP contribution in [0.2, 0.25) is 0 Å². The summed E-state index contributed by atoms with van der Waals surface area (Å²) in [4.78, 5) is 34.6. The van der Waals surface area contributed by atoms with Crippen LogP contribution in [0.3, 0.4) is 0 Å². The van der Waals surface area contributed by atoms with Gasteiger partial charge in [0.2, 0.25) is 0 Å². The first-order valence-electron chi connectivity index (χ1n) is 9.65. The third-order valence-corrected chi connectivity index (χ3v) is 4.98. The largest absolute Gasteiger partial charge is 0.497 e. The maximum atomic E-state index is 13.3. The van der Waals surface area contributed by atoms with E-state index in [1.54, 1.807) is 75.0 Å². The standard InChI is InChI=1S/C24H21N3O4/c1-30-20-7-3-6-19(13-20)27(24(29)16-5-4-10-25-14-16)15-18-11-17-12-21(31-2)8-9-22(17)26-23(18)28/h3-14H,15H2,1-2H3,(H,26,28). The Balaban J connectivity index is 1.79. The molecule has 2 heterocycles. The number of carbonyl (C=O) groups excluding carboxylic acids is 1. The van der Waals surface area contributed by atoms with Gasteiger partial charge in [0, 0.05) is 40.6 Å². The van der Waals surface area contributed by atoms with Crippen molar-refractivity contribution in [2.45, 2.75) is 6.54 Å². The molecule has 0 saturated heterocycles. The van der Waals surface area contributed by atoms with Gasteiger partial charge in [-0.15, -0.1) is 0 Å². The molecule has 0 saturated carbocycles. The number of aromatic amines is 1. The predicted molar refractivity (Wildman–Crippen MR) is 119 cm³/mol. The number of fused-ring (bicyclic) bond motifs is 1. The summed E-state index contributed by atoms with van der Waals surface area (Å²) >= 11 is 0. The third-order valence-electron chi connectivity index (χ3n) is 4.98. The number of rotatable bonds is 6. The highest BCUT2D eigenvalue weighted by Crippen LogP contribution is 2.25. The zero-order valence-corrected chi connectivity index (χ0v) is 17.2. The van der Waals surface area contributed by atoms with E-state index in [4.69, 9.17) is 9.47 Å². The number of ether oxygens (including phenoxy) is 2. The zero-order valence-electron chi connectivity index (χ0n) is 17.2. The van der Waals surface area contributed by atoms with Crippen LogP contribution in [0.15, 0.2) is 77.9 Å². The predicted octanol–water partition coefficient (Wildman–Crippen LogP) is 3.79. The molecule has 0 atom stereocenters. The molecule has 0 radical (unpaired) electrons. The van der Waals surface area contributed by atoms with Crippen molar-refractivity contribution in [2.75, 3.05) is 19.1 Å². The summed E-state index contributed by atoms with van der Waals surface area (Å²) in [6, 6.07) is 17.7. The molecule has 1 amide bonds. The molecule has 0 bridgehead atoms. The Morgan fingerprint density at radius 1 is 1.00 bits per heavy atom. The van der Waals surface area contributed by atoms with E-state index in [9.17, 15) is 9.59 Å². The summed E-state index contributed by atoms with van der Waals surface area (Å²) in [7, 11) is 3.15. The minimum Gasteiger partial charge on any atom is -0.497 e. The Bertz CT molecular complexity index is 1290. The van der Waals surface area contributed by atoms with Crippen molar-refractivity contribution in [3.05, 3.63) is 94.5 Å². The third kappa shape index (κ3) is 4.25. The summed E-state index contributed by atoms with van der Waals surface area (Å²) in [5.74, 6) is 1.02. The highest BCUT2D eigenvalue weighted by Gasteiger charge is 2.20. The van der Waals surface area contributed by atoms with Crippen LogP contribution in [-0.4, -0.2) is 30.1 Å². The summed E-state index contributed by atoms with van der Waals surface area (Å²) < 4.78 is 10.6. The van der Waals surface area contributed by atoms with Crippen LogP contribution in [0.1, 0.15) is 15.9 Å². The molecule has 0 aliphatic heterocycles. The molecule has 0 spiro atoms. The summed E-state index contributed by atoms with van der Waals surface area (Å²) in [6.07, 6.45) is 3.11. The second-order valence-electron chi connectivity index (χ2n) is 6.91. The lowest BCUT2D eigenvalue weighted by atomic mass is 10.1. The lowest BCUT2D eigenvalue weighted by Crippen LogP contribution is -2.33. The van der Waals surface area contributed by atoms with Crippen LogP contribution in [0.25, 0.3) is 10.9 Å². The van der Waals surface area contributed by atoms with Crippen molar-refractivity contribution in [3.63, 3.8) is 0 Å². The van der Waals surface area contributed by atoms with Gasteiger partial charge in [0.15, 0.2) is 0 Å². The molecule has 156 valence electrons. The van der Waals surface area contributed by atoms with Crippen LogP contribution in [0.5, 0.6) is 11.5 Å². The second-order valence-corrected chi connectivity index (χ2v) is 6.91. The number of pyridine rings is 2. The van der Waals surface area contributed by atoms with Crippen molar-refractivity contribution >= 4 is 22.5 Å². The molecule has 0 unspecified atom stereocenters. The molecule has 4 rings (SSSR count). The number of methoxy groups -OCH3 is 2. The second kappa shape index (κ2) is 8.71. The maximum absolute atomic E-state index is 13.3. The van der Waals surface area contributed by atoms with Gasteiger partial charge < -0.3 is 19.4 Å². The lowest BCUT2D eigenvalue weighted by Gasteiger charge is -2.23. The van der Waals surface area contributed by atoms with Gasteiger partial charge in [-0.2, -0.15) is 0 Å². The molecule has 1 N–H and O–H groups in total. The molecule has 7 heteroatoms. The SMILES string of the molecule is COc1cccc(N(Cc2cc3cc(OC)ccc3[nH]c2=O)C(=O)c2cccnc2)c1.